The molecule has 0 radical (unpaired) electrons. The molecule has 0 saturated heterocycles. The van der Waals surface area contributed by atoms with E-state index in [2.05, 4.69) is 22.1 Å². The van der Waals surface area contributed by atoms with Gasteiger partial charge in [0.1, 0.15) is 11.2 Å². The topological polar surface area (TPSA) is 76.5 Å². The van der Waals surface area contributed by atoms with Gasteiger partial charge < -0.3 is 15.0 Å². The summed E-state index contributed by atoms with van der Waals surface area (Å²) in [6, 6.07) is 9.84. The smallest absolute Gasteiger partial charge is 0.375 e. The van der Waals surface area contributed by atoms with Crippen molar-refractivity contribution in [3.8, 4) is 11.8 Å². The van der Waals surface area contributed by atoms with Crippen LogP contribution < -0.4 is 15.9 Å². The molecule has 1 aliphatic carbocycles. The Morgan fingerprint density at radius 1 is 1.07 bits per heavy atom. The Labute approximate surface area is 240 Å². The van der Waals surface area contributed by atoms with E-state index >= 15 is 4.39 Å². The fraction of sp³-hybridized carbons (Fsp3) is 0.452. The number of hydrogen-bond acceptors (Lipinski definition) is 5. The van der Waals surface area contributed by atoms with Gasteiger partial charge in [0.15, 0.2) is 5.82 Å². The van der Waals surface area contributed by atoms with E-state index in [4.69, 9.17) is 4.74 Å². The minimum Gasteiger partial charge on any atom is -0.375 e. The molecule has 3 aromatic rings. The Bertz CT molecular complexity index is 1690. The van der Waals surface area contributed by atoms with Crippen LogP contribution in [0.3, 0.4) is 0 Å². The van der Waals surface area contributed by atoms with Crippen LogP contribution in [0.1, 0.15) is 58.6 Å². The number of aromatic nitrogens is 2. The summed E-state index contributed by atoms with van der Waals surface area (Å²) in [5, 5.41) is 2.64. The second kappa shape index (κ2) is 10.1. The minimum absolute atomic E-state index is 0.153. The van der Waals surface area contributed by atoms with Crippen molar-refractivity contribution in [3.63, 3.8) is 0 Å². The number of fused-ring (bicyclic) bond motifs is 2. The average molecular weight is 585 g/mol. The number of carbonyl (C=O) groups is 1. The van der Waals surface area contributed by atoms with Gasteiger partial charge in [0.25, 0.3) is 0 Å². The van der Waals surface area contributed by atoms with Crippen molar-refractivity contribution in [2.24, 2.45) is 5.41 Å². The summed E-state index contributed by atoms with van der Waals surface area (Å²) in [5.74, 6) is 4.45. The highest BCUT2D eigenvalue weighted by atomic mass is 19.4. The van der Waals surface area contributed by atoms with Crippen LogP contribution in [-0.2, 0) is 21.7 Å². The van der Waals surface area contributed by atoms with Gasteiger partial charge in [0.05, 0.1) is 29.7 Å². The Balaban J connectivity index is 1.57. The number of carbonyl (C=O) groups excluding carboxylic acids is 1. The number of benzene rings is 2. The molecular weight excluding hydrogens is 552 g/mol. The third-order valence-corrected chi connectivity index (χ3v) is 7.59. The largest absolute Gasteiger partial charge is 0.403 e. The summed E-state index contributed by atoms with van der Waals surface area (Å²) < 4.78 is 63.1. The number of nitrogens with zero attached hydrogens (tertiary/aromatic N) is 3. The fourth-order valence-electron chi connectivity index (χ4n) is 5.25. The van der Waals surface area contributed by atoms with Crippen molar-refractivity contribution >= 4 is 28.3 Å². The first-order chi connectivity index (χ1) is 19.6. The molecule has 222 valence electrons. The number of ether oxygens (including phenoxy) is 1. The minimum atomic E-state index is -4.62. The highest BCUT2D eigenvalue weighted by Gasteiger charge is 2.68. The molecule has 42 heavy (non-hydrogen) atoms. The maximum Gasteiger partial charge on any atom is 0.403 e. The third-order valence-electron chi connectivity index (χ3n) is 7.59. The molecule has 1 saturated carbocycles. The van der Waals surface area contributed by atoms with Crippen molar-refractivity contribution in [2.75, 3.05) is 18.1 Å². The van der Waals surface area contributed by atoms with Crippen LogP contribution in [0, 0.1) is 23.1 Å². The first-order valence-electron chi connectivity index (χ1n) is 13.7. The van der Waals surface area contributed by atoms with Crippen molar-refractivity contribution < 1.29 is 27.1 Å². The standard InChI is InChI=1S/C31H32F4N4O3/c1-28(2,3)39-23-11-7-9-21(32)24(23)25(36-27(39)41)38-16-17-42-18-20-19(8-6-10-22(20)38)12-13-29(4,5)37-26(40)30(14-15-30)31(33,34)35/h6-11H,14-18H2,1-5H3,(H,37,40). The lowest BCUT2D eigenvalue weighted by atomic mass is 9.99. The highest BCUT2D eigenvalue weighted by molar-refractivity contribution is 5.93. The molecule has 7 nitrogen and oxygen atoms in total. The van der Waals surface area contributed by atoms with Gasteiger partial charge in [-0.15, -0.1) is 0 Å². The maximum atomic E-state index is 15.4. The Hall–Kier alpha value is -3.91. The second-order valence-electron chi connectivity index (χ2n) is 12.3. The number of anilines is 2. The number of halogens is 4. The molecule has 1 aromatic heterocycles. The second-order valence-corrected chi connectivity index (χ2v) is 12.3. The van der Waals surface area contributed by atoms with Crippen LogP contribution in [0.4, 0.5) is 29.1 Å². The number of alkyl halides is 3. The van der Waals surface area contributed by atoms with Crippen LogP contribution in [0.15, 0.2) is 41.2 Å². The predicted octanol–water partition coefficient (Wildman–Crippen LogP) is 5.55. The van der Waals surface area contributed by atoms with Gasteiger partial charge in [-0.25, -0.2) is 9.18 Å². The number of hydrogen-bond donors (Lipinski definition) is 1. The van der Waals surface area contributed by atoms with E-state index in [1.807, 2.05) is 20.8 Å². The molecule has 1 fully saturated rings. The first-order valence-corrected chi connectivity index (χ1v) is 13.7. The van der Waals surface area contributed by atoms with Crippen molar-refractivity contribution in [2.45, 2.75) is 71.3 Å². The van der Waals surface area contributed by atoms with Crippen LogP contribution in [0.2, 0.25) is 0 Å². The Kier molecular flexibility index (Phi) is 7.13. The molecule has 2 aliphatic rings. The maximum absolute atomic E-state index is 15.4. The molecule has 0 spiro atoms. The van der Waals surface area contributed by atoms with Crippen LogP contribution >= 0.6 is 0 Å². The van der Waals surface area contributed by atoms with Gasteiger partial charge in [-0.05, 0) is 71.7 Å². The quantitative estimate of drug-likeness (QED) is 0.323. The van der Waals surface area contributed by atoms with E-state index in [1.165, 1.54) is 24.5 Å². The molecule has 0 bridgehead atoms. The van der Waals surface area contributed by atoms with Crippen molar-refractivity contribution in [1.82, 2.24) is 14.9 Å². The molecule has 1 amide bonds. The lowest BCUT2D eigenvalue weighted by molar-refractivity contribution is -0.192. The van der Waals surface area contributed by atoms with Gasteiger partial charge in [-0.3, -0.25) is 9.36 Å². The molecule has 0 atom stereocenters. The van der Waals surface area contributed by atoms with Gasteiger partial charge >= 0.3 is 11.9 Å². The lowest BCUT2D eigenvalue weighted by Gasteiger charge is -2.29. The van der Waals surface area contributed by atoms with E-state index in [0.717, 1.165) is 0 Å². The zero-order chi connectivity index (χ0) is 30.7. The summed E-state index contributed by atoms with van der Waals surface area (Å²) in [7, 11) is 0. The van der Waals surface area contributed by atoms with Crippen LogP contribution in [0.5, 0.6) is 0 Å². The zero-order valence-electron chi connectivity index (χ0n) is 24.1. The molecule has 2 heterocycles. The predicted molar refractivity (Wildman–Crippen MR) is 151 cm³/mol. The monoisotopic (exact) mass is 584 g/mol. The SMILES string of the molecule is CC(C)(C#Cc1cccc2c1COCCN2c1nc(=O)n(C(C)(C)C)c2cccc(F)c12)NC(=O)C1(C(F)(F)F)CC1. The van der Waals surface area contributed by atoms with E-state index in [1.54, 1.807) is 35.2 Å². The van der Waals surface area contributed by atoms with E-state index in [-0.39, 0.29) is 43.8 Å². The number of nitrogens with one attached hydrogen (secondary N) is 1. The Morgan fingerprint density at radius 2 is 1.76 bits per heavy atom. The summed E-state index contributed by atoms with van der Waals surface area (Å²) in [4.78, 5) is 31.9. The third kappa shape index (κ3) is 5.24. The summed E-state index contributed by atoms with van der Waals surface area (Å²) in [6.07, 6.45) is -5.10. The zero-order valence-corrected chi connectivity index (χ0v) is 24.1. The van der Waals surface area contributed by atoms with E-state index < -0.39 is 40.1 Å². The van der Waals surface area contributed by atoms with E-state index in [9.17, 15) is 22.8 Å². The lowest BCUT2D eigenvalue weighted by Crippen LogP contribution is -2.49. The van der Waals surface area contributed by atoms with Gasteiger partial charge in [-0.1, -0.05) is 24.0 Å². The molecular formula is C31H32F4N4O3. The molecule has 0 unspecified atom stereocenters. The normalized spacial score (nSPS) is 16.7. The first kappa shape index (κ1) is 29.6. The molecule has 1 N–H and O–H groups in total. The fourth-order valence-corrected chi connectivity index (χ4v) is 5.25. The van der Waals surface area contributed by atoms with E-state index in [0.29, 0.717) is 22.3 Å². The summed E-state index contributed by atoms with van der Waals surface area (Å²) in [5.41, 5.74) is -2.61. The number of rotatable bonds is 3. The molecule has 2 aromatic carbocycles. The van der Waals surface area contributed by atoms with Crippen LogP contribution in [-0.4, -0.2) is 40.3 Å². The Morgan fingerprint density at radius 3 is 2.40 bits per heavy atom. The van der Waals surface area contributed by atoms with Gasteiger partial charge in [-0.2, -0.15) is 18.2 Å². The average Bonchev–Trinajstić information content (AvgIpc) is 3.71. The molecule has 1 aliphatic heterocycles. The molecule has 5 rings (SSSR count). The van der Waals surface area contributed by atoms with Gasteiger partial charge in [0.2, 0.25) is 5.91 Å². The summed E-state index contributed by atoms with van der Waals surface area (Å²) in [6.45, 7) is 9.30. The summed E-state index contributed by atoms with van der Waals surface area (Å²) >= 11 is 0. The van der Waals surface area contributed by atoms with Crippen molar-refractivity contribution in [3.05, 3.63) is 63.8 Å². The van der Waals surface area contributed by atoms with Crippen molar-refractivity contribution in [1.29, 1.82) is 0 Å². The molecule has 11 heteroatoms. The van der Waals surface area contributed by atoms with Gasteiger partial charge in [0, 0.05) is 28.9 Å². The van der Waals surface area contributed by atoms with Crippen LogP contribution in [0.25, 0.3) is 10.9 Å². The highest BCUT2D eigenvalue weighted by Crippen LogP contribution is 2.57. The number of amides is 1.